The van der Waals surface area contributed by atoms with Crippen molar-refractivity contribution in [1.29, 1.82) is 0 Å². The summed E-state index contributed by atoms with van der Waals surface area (Å²) in [6.07, 6.45) is 0.501. The summed E-state index contributed by atoms with van der Waals surface area (Å²) in [5, 5.41) is 4.43. The maximum absolute atomic E-state index is 13.3. The van der Waals surface area contributed by atoms with Gasteiger partial charge in [0, 0.05) is 23.8 Å². The first-order valence-corrected chi connectivity index (χ1v) is 7.23. The van der Waals surface area contributed by atoms with Crippen LogP contribution in [-0.4, -0.2) is 11.1 Å². The SMILES string of the molecule is Nc1noc(C2CCC(F)(F)CC2)c1-c1ccc(Cl)cc1. The molecule has 1 saturated carbocycles. The third-order valence-corrected chi connectivity index (χ3v) is 4.22. The van der Waals surface area contributed by atoms with Crippen LogP contribution in [0, 0.1) is 0 Å². The lowest BCUT2D eigenvalue weighted by Crippen LogP contribution is -2.23. The summed E-state index contributed by atoms with van der Waals surface area (Å²) in [4.78, 5) is 0. The Bertz CT molecular complexity index is 630. The lowest BCUT2D eigenvalue weighted by atomic mass is 9.83. The van der Waals surface area contributed by atoms with Crippen molar-refractivity contribution in [2.24, 2.45) is 0 Å². The highest BCUT2D eigenvalue weighted by Gasteiger charge is 2.38. The fourth-order valence-corrected chi connectivity index (χ4v) is 2.93. The third-order valence-electron chi connectivity index (χ3n) is 3.97. The fourth-order valence-electron chi connectivity index (χ4n) is 2.80. The zero-order valence-electron chi connectivity index (χ0n) is 11.3. The van der Waals surface area contributed by atoms with Gasteiger partial charge in [0.2, 0.25) is 5.92 Å². The number of nitrogen functional groups attached to an aromatic ring is 1. The molecule has 1 aliphatic carbocycles. The molecule has 6 heteroatoms. The first-order valence-electron chi connectivity index (χ1n) is 6.85. The Kier molecular flexibility index (Phi) is 3.61. The lowest BCUT2D eigenvalue weighted by Gasteiger charge is -2.27. The number of alkyl halides is 2. The van der Waals surface area contributed by atoms with E-state index in [9.17, 15) is 8.78 Å². The van der Waals surface area contributed by atoms with Crippen molar-refractivity contribution in [1.82, 2.24) is 5.16 Å². The molecular formula is C15H15ClF2N2O. The highest BCUT2D eigenvalue weighted by molar-refractivity contribution is 6.30. The molecule has 0 amide bonds. The van der Waals surface area contributed by atoms with Crippen LogP contribution in [0.25, 0.3) is 11.1 Å². The van der Waals surface area contributed by atoms with E-state index in [1.807, 2.05) is 12.1 Å². The van der Waals surface area contributed by atoms with Gasteiger partial charge in [-0.25, -0.2) is 8.78 Å². The molecule has 0 atom stereocenters. The van der Waals surface area contributed by atoms with Crippen LogP contribution < -0.4 is 5.73 Å². The van der Waals surface area contributed by atoms with E-state index in [0.717, 1.165) is 5.56 Å². The zero-order valence-corrected chi connectivity index (χ0v) is 12.0. The molecule has 2 N–H and O–H groups in total. The van der Waals surface area contributed by atoms with Crippen LogP contribution in [0.5, 0.6) is 0 Å². The maximum Gasteiger partial charge on any atom is 0.248 e. The van der Waals surface area contributed by atoms with Crippen molar-refractivity contribution in [3.8, 4) is 11.1 Å². The first kappa shape index (κ1) is 14.3. The van der Waals surface area contributed by atoms with Crippen molar-refractivity contribution in [3.05, 3.63) is 35.0 Å². The Balaban J connectivity index is 1.92. The molecule has 0 spiro atoms. The van der Waals surface area contributed by atoms with Crippen molar-refractivity contribution in [3.63, 3.8) is 0 Å². The second-order valence-corrected chi connectivity index (χ2v) is 5.88. The predicted octanol–water partition coefficient (Wildman–Crippen LogP) is 4.87. The number of anilines is 1. The first-order chi connectivity index (χ1) is 9.96. The number of benzene rings is 1. The lowest BCUT2D eigenvalue weighted by molar-refractivity contribution is -0.0398. The molecule has 1 heterocycles. The van der Waals surface area contributed by atoms with Crippen LogP contribution >= 0.6 is 11.6 Å². The monoisotopic (exact) mass is 312 g/mol. The van der Waals surface area contributed by atoms with Gasteiger partial charge in [-0.2, -0.15) is 0 Å². The molecule has 0 unspecified atom stereocenters. The summed E-state index contributed by atoms with van der Waals surface area (Å²) in [5.41, 5.74) is 7.42. The van der Waals surface area contributed by atoms with Crippen LogP contribution in [0.4, 0.5) is 14.6 Å². The van der Waals surface area contributed by atoms with E-state index in [0.29, 0.717) is 29.2 Å². The van der Waals surface area contributed by atoms with Crippen molar-refractivity contribution >= 4 is 17.4 Å². The van der Waals surface area contributed by atoms with Crippen LogP contribution in [0.2, 0.25) is 5.02 Å². The number of aromatic nitrogens is 1. The molecule has 3 rings (SSSR count). The Labute approximate surface area is 126 Å². The van der Waals surface area contributed by atoms with Gasteiger partial charge in [-0.3, -0.25) is 0 Å². The summed E-state index contributed by atoms with van der Waals surface area (Å²) in [6, 6.07) is 7.16. The molecule has 112 valence electrons. The number of halogens is 3. The smallest absolute Gasteiger partial charge is 0.248 e. The van der Waals surface area contributed by atoms with E-state index < -0.39 is 5.92 Å². The van der Waals surface area contributed by atoms with E-state index in [1.165, 1.54) is 0 Å². The highest BCUT2D eigenvalue weighted by Crippen LogP contribution is 2.45. The van der Waals surface area contributed by atoms with Gasteiger partial charge in [-0.1, -0.05) is 28.9 Å². The summed E-state index contributed by atoms with van der Waals surface area (Å²) < 4.78 is 31.9. The second kappa shape index (κ2) is 5.30. The van der Waals surface area contributed by atoms with Crippen LogP contribution in [0.1, 0.15) is 37.4 Å². The number of nitrogens with two attached hydrogens (primary N) is 1. The van der Waals surface area contributed by atoms with Gasteiger partial charge in [0.05, 0.1) is 5.56 Å². The fraction of sp³-hybridized carbons (Fsp3) is 0.400. The van der Waals surface area contributed by atoms with E-state index >= 15 is 0 Å². The minimum atomic E-state index is -2.57. The Morgan fingerprint density at radius 3 is 2.43 bits per heavy atom. The summed E-state index contributed by atoms with van der Waals surface area (Å²) in [6.45, 7) is 0. The summed E-state index contributed by atoms with van der Waals surface area (Å²) in [5.74, 6) is -1.75. The van der Waals surface area contributed by atoms with Crippen molar-refractivity contribution < 1.29 is 13.3 Å². The van der Waals surface area contributed by atoms with E-state index in [-0.39, 0.29) is 24.6 Å². The Morgan fingerprint density at radius 1 is 1.19 bits per heavy atom. The predicted molar refractivity (Wildman–Crippen MR) is 77.5 cm³/mol. The van der Waals surface area contributed by atoms with Crippen LogP contribution in [0.15, 0.2) is 28.8 Å². The van der Waals surface area contributed by atoms with Crippen molar-refractivity contribution in [2.75, 3.05) is 5.73 Å². The van der Waals surface area contributed by atoms with Gasteiger partial charge in [0.1, 0.15) is 5.76 Å². The second-order valence-electron chi connectivity index (χ2n) is 5.44. The normalized spacial score (nSPS) is 18.8. The average Bonchev–Trinajstić information content (AvgIpc) is 2.82. The number of hydrogen-bond donors (Lipinski definition) is 1. The maximum atomic E-state index is 13.3. The molecule has 0 radical (unpaired) electrons. The molecule has 0 bridgehead atoms. The van der Waals surface area contributed by atoms with Crippen LogP contribution in [0.3, 0.4) is 0 Å². The molecule has 0 saturated heterocycles. The minimum Gasteiger partial charge on any atom is -0.380 e. The van der Waals surface area contributed by atoms with E-state index in [2.05, 4.69) is 5.16 Å². The molecule has 1 aromatic heterocycles. The third kappa shape index (κ3) is 2.88. The highest BCUT2D eigenvalue weighted by atomic mass is 35.5. The van der Waals surface area contributed by atoms with Gasteiger partial charge in [0.25, 0.3) is 0 Å². The minimum absolute atomic E-state index is 0.0693. The van der Waals surface area contributed by atoms with Gasteiger partial charge < -0.3 is 10.3 Å². The van der Waals surface area contributed by atoms with Gasteiger partial charge >= 0.3 is 0 Å². The summed E-state index contributed by atoms with van der Waals surface area (Å²) in [7, 11) is 0. The van der Waals surface area contributed by atoms with Gasteiger partial charge in [-0.05, 0) is 30.5 Å². The standard InChI is InChI=1S/C15H15ClF2N2O/c16-11-3-1-9(2-4-11)12-13(21-20-14(12)19)10-5-7-15(17,18)8-6-10/h1-4,10H,5-8H2,(H2,19,20). The molecule has 1 aliphatic rings. The molecule has 2 aromatic rings. The van der Waals surface area contributed by atoms with Gasteiger partial charge in [0.15, 0.2) is 5.82 Å². The Morgan fingerprint density at radius 2 is 1.81 bits per heavy atom. The average molecular weight is 313 g/mol. The quantitative estimate of drug-likeness (QED) is 0.860. The van der Waals surface area contributed by atoms with E-state index in [4.69, 9.17) is 21.9 Å². The topological polar surface area (TPSA) is 52.0 Å². The number of nitrogens with zero attached hydrogens (tertiary/aromatic N) is 1. The zero-order chi connectivity index (χ0) is 15.0. The van der Waals surface area contributed by atoms with Gasteiger partial charge in [-0.15, -0.1) is 0 Å². The molecular weight excluding hydrogens is 298 g/mol. The largest absolute Gasteiger partial charge is 0.380 e. The van der Waals surface area contributed by atoms with E-state index in [1.54, 1.807) is 12.1 Å². The van der Waals surface area contributed by atoms with Crippen molar-refractivity contribution in [2.45, 2.75) is 37.5 Å². The number of hydrogen-bond acceptors (Lipinski definition) is 3. The molecule has 3 nitrogen and oxygen atoms in total. The van der Waals surface area contributed by atoms with Crippen LogP contribution in [-0.2, 0) is 0 Å². The molecule has 1 aromatic carbocycles. The Hall–Kier alpha value is -1.62. The molecule has 1 fully saturated rings. The molecule has 0 aliphatic heterocycles. The molecule has 21 heavy (non-hydrogen) atoms. The number of rotatable bonds is 2. The summed E-state index contributed by atoms with van der Waals surface area (Å²) >= 11 is 5.88.